The SMILES string of the molecule is COCCCN(C)C(CN)c1ccncc1. The first-order chi connectivity index (χ1) is 7.79. The van der Waals surface area contributed by atoms with Crippen molar-refractivity contribution in [3.05, 3.63) is 30.1 Å². The van der Waals surface area contributed by atoms with Crippen LogP contribution in [0.4, 0.5) is 0 Å². The summed E-state index contributed by atoms with van der Waals surface area (Å²) in [5.74, 6) is 0. The van der Waals surface area contributed by atoms with Gasteiger partial charge in [0, 0.05) is 45.2 Å². The van der Waals surface area contributed by atoms with E-state index in [-0.39, 0.29) is 6.04 Å². The van der Waals surface area contributed by atoms with E-state index in [1.165, 1.54) is 5.56 Å². The molecule has 1 rings (SSSR count). The topological polar surface area (TPSA) is 51.4 Å². The number of pyridine rings is 1. The zero-order chi connectivity index (χ0) is 11.8. The molecule has 0 fully saturated rings. The van der Waals surface area contributed by atoms with E-state index >= 15 is 0 Å². The molecule has 0 aliphatic heterocycles. The fourth-order valence-corrected chi connectivity index (χ4v) is 1.77. The highest BCUT2D eigenvalue weighted by Gasteiger charge is 2.14. The van der Waals surface area contributed by atoms with Crippen LogP contribution in [-0.4, -0.2) is 43.7 Å². The van der Waals surface area contributed by atoms with Crippen LogP contribution in [0.2, 0.25) is 0 Å². The van der Waals surface area contributed by atoms with E-state index in [1.54, 1.807) is 19.5 Å². The molecule has 0 saturated heterocycles. The van der Waals surface area contributed by atoms with Crippen LogP contribution in [0.3, 0.4) is 0 Å². The fourth-order valence-electron chi connectivity index (χ4n) is 1.77. The molecule has 1 unspecified atom stereocenters. The smallest absolute Gasteiger partial charge is 0.0474 e. The molecular formula is C12H21N3O. The molecule has 0 amide bonds. The quantitative estimate of drug-likeness (QED) is 0.702. The Hall–Kier alpha value is -0.970. The Morgan fingerprint density at radius 2 is 2.12 bits per heavy atom. The lowest BCUT2D eigenvalue weighted by atomic mass is 10.1. The summed E-state index contributed by atoms with van der Waals surface area (Å²) in [6, 6.07) is 4.30. The van der Waals surface area contributed by atoms with Crippen molar-refractivity contribution in [3.63, 3.8) is 0 Å². The van der Waals surface area contributed by atoms with Gasteiger partial charge in [-0.3, -0.25) is 9.88 Å². The van der Waals surface area contributed by atoms with Crippen molar-refractivity contribution >= 4 is 0 Å². The van der Waals surface area contributed by atoms with Gasteiger partial charge >= 0.3 is 0 Å². The summed E-state index contributed by atoms with van der Waals surface area (Å²) in [6.45, 7) is 2.39. The molecule has 90 valence electrons. The summed E-state index contributed by atoms with van der Waals surface area (Å²) in [4.78, 5) is 6.28. The molecule has 0 aliphatic carbocycles. The molecule has 0 radical (unpaired) electrons. The highest BCUT2D eigenvalue weighted by molar-refractivity contribution is 5.15. The number of nitrogens with zero attached hydrogens (tertiary/aromatic N) is 2. The highest BCUT2D eigenvalue weighted by atomic mass is 16.5. The van der Waals surface area contributed by atoms with Crippen molar-refractivity contribution in [1.29, 1.82) is 0 Å². The van der Waals surface area contributed by atoms with Crippen LogP contribution >= 0.6 is 0 Å². The van der Waals surface area contributed by atoms with Crippen molar-refractivity contribution in [3.8, 4) is 0 Å². The molecule has 1 atom stereocenters. The average molecular weight is 223 g/mol. The number of aromatic nitrogens is 1. The van der Waals surface area contributed by atoms with E-state index in [9.17, 15) is 0 Å². The summed E-state index contributed by atoms with van der Waals surface area (Å²) < 4.78 is 5.04. The van der Waals surface area contributed by atoms with Gasteiger partial charge in [0.1, 0.15) is 0 Å². The monoisotopic (exact) mass is 223 g/mol. The second-order valence-corrected chi connectivity index (χ2v) is 3.86. The molecule has 1 aromatic heterocycles. The van der Waals surface area contributed by atoms with E-state index < -0.39 is 0 Å². The summed E-state index contributed by atoms with van der Waals surface area (Å²) in [5, 5.41) is 0. The van der Waals surface area contributed by atoms with Gasteiger partial charge in [-0.15, -0.1) is 0 Å². The van der Waals surface area contributed by atoms with Crippen molar-refractivity contribution in [2.45, 2.75) is 12.5 Å². The van der Waals surface area contributed by atoms with Crippen molar-refractivity contribution < 1.29 is 4.74 Å². The number of ether oxygens (including phenoxy) is 1. The molecule has 1 heterocycles. The van der Waals surface area contributed by atoms with Crippen LogP contribution in [0.1, 0.15) is 18.0 Å². The van der Waals surface area contributed by atoms with Gasteiger partial charge in [0.25, 0.3) is 0 Å². The third-order valence-corrected chi connectivity index (χ3v) is 2.71. The average Bonchev–Trinajstić information content (AvgIpc) is 2.32. The maximum atomic E-state index is 5.82. The Balaban J connectivity index is 2.53. The summed E-state index contributed by atoms with van der Waals surface area (Å²) in [5.41, 5.74) is 7.04. The van der Waals surface area contributed by atoms with Crippen LogP contribution in [0.5, 0.6) is 0 Å². The van der Waals surface area contributed by atoms with Gasteiger partial charge in [-0.1, -0.05) is 0 Å². The zero-order valence-corrected chi connectivity index (χ0v) is 10.1. The van der Waals surface area contributed by atoms with E-state index in [2.05, 4.69) is 16.9 Å². The molecule has 0 spiro atoms. The Kier molecular flexibility index (Phi) is 6.00. The number of likely N-dealkylation sites (N-methyl/N-ethyl adjacent to an activating group) is 1. The fraction of sp³-hybridized carbons (Fsp3) is 0.583. The third-order valence-electron chi connectivity index (χ3n) is 2.71. The predicted octanol–water partition coefficient (Wildman–Crippen LogP) is 1.05. The number of methoxy groups -OCH3 is 1. The van der Waals surface area contributed by atoms with Gasteiger partial charge in [0.05, 0.1) is 0 Å². The summed E-state index contributed by atoms with van der Waals surface area (Å²) in [6.07, 6.45) is 4.64. The number of rotatable bonds is 7. The lowest BCUT2D eigenvalue weighted by molar-refractivity contribution is 0.166. The number of nitrogens with two attached hydrogens (primary N) is 1. The standard InChI is InChI=1S/C12H21N3O/c1-15(8-3-9-16-2)12(10-13)11-4-6-14-7-5-11/h4-7,12H,3,8-10,13H2,1-2H3. The molecule has 0 saturated carbocycles. The minimum Gasteiger partial charge on any atom is -0.385 e. The first-order valence-corrected chi connectivity index (χ1v) is 5.58. The Bertz CT molecular complexity index is 279. The molecule has 2 N–H and O–H groups in total. The number of hydrogen-bond acceptors (Lipinski definition) is 4. The molecular weight excluding hydrogens is 202 g/mol. The second-order valence-electron chi connectivity index (χ2n) is 3.86. The van der Waals surface area contributed by atoms with Gasteiger partial charge in [-0.25, -0.2) is 0 Å². The Labute approximate surface area is 97.4 Å². The van der Waals surface area contributed by atoms with Crippen LogP contribution in [-0.2, 0) is 4.74 Å². The first-order valence-electron chi connectivity index (χ1n) is 5.58. The number of hydrogen-bond donors (Lipinski definition) is 1. The molecule has 4 nitrogen and oxygen atoms in total. The second kappa shape index (κ2) is 7.33. The van der Waals surface area contributed by atoms with E-state index in [0.717, 1.165) is 19.6 Å². The van der Waals surface area contributed by atoms with Crippen LogP contribution in [0.15, 0.2) is 24.5 Å². The molecule has 1 aromatic rings. The van der Waals surface area contributed by atoms with Crippen LogP contribution in [0, 0.1) is 0 Å². The predicted molar refractivity (Wildman–Crippen MR) is 65.2 cm³/mol. The van der Waals surface area contributed by atoms with Crippen molar-refractivity contribution in [2.24, 2.45) is 5.73 Å². The third kappa shape index (κ3) is 3.89. The lowest BCUT2D eigenvalue weighted by Crippen LogP contribution is -2.31. The van der Waals surface area contributed by atoms with E-state index in [4.69, 9.17) is 10.5 Å². The van der Waals surface area contributed by atoms with Crippen LogP contribution in [0.25, 0.3) is 0 Å². The molecule has 0 aromatic carbocycles. The highest BCUT2D eigenvalue weighted by Crippen LogP contribution is 2.17. The van der Waals surface area contributed by atoms with Gasteiger partial charge in [0.2, 0.25) is 0 Å². The lowest BCUT2D eigenvalue weighted by Gasteiger charge is -2.27. The zero-order valence-electron chi connectivity index (χ0n) is 10.1. The maximum Gasteiger partial charge on any atom is 0.0474 e. The summed E-state index contributed by atoms with van der Waals surface area (Å²) in [7, 11) is 3.82. The van der Waals surface area contributed by atoms with Gasteiger partial charge in [0.15, 0.2) is 0 Å². The van der Waals surface area contributed by atoms with E-state index in [0.29, 0.717) is 6.54 Å². The van der Waals surface area contributed by atoms with Gasteiger partial charge in [-0.2, -0.15) is 0 Å². The first kappa shape index (κ1) is 13.1. The van der Waals surface area contributed by atoms with Gasteiger partial charge < -0.3 is 10.5 Å². The normalized spacial score (nSPS) is 13.0. The minimum absolute atomic E-state index is 0.264. The molecule has 16 heavy (non-hydrogen) atoms. The van der Waals surface area contributed by atoms with Crippen LogP contribution < -0.4 is 5.73 Å². The van der Waals surface area contributed by atoms with E-state index in [1.807, 2.05) is 12.1 Å². The van der Waals surface area contributed by atoms with Crippen molar-refractivity contribution in [1.82, 2.24) is 9.88 Å². The molecule has 0 bridgehead atoms. The maximum absolute atomic E-state index is 5.82. The minimum atomic E-state index is 0.264. The largest absolute Gasteiger partial charge is 0.385 e. The summed E-state index contributed by atoms with van der Waals surface area (Å²) >= 11 is 0. The van der Waals surface area contributed by atoms with Gasteiger partial charge in [-0.05, 0) is 31.2 Å². The Morgan fingerprint density at radius 3 is 2.69 bits per heavy atom. The molecule has 0 aliphatic rings. The molecule has 4 heteroatoms. The Morgan fingerprint density at radius 1 is 1.44 bits per heavy atom. The van der Waals surface area contributed by atoms with Crippen molar-refractivity contribution in [2.75, 3.05) is 33.9 Å².